The fourth-order valence-corrected chi connectivity index (χ4v) is 1.93. The van der Waals surface area contributed by atoms with Crippen molar-refractivity contribution in [3.63, 3.8) is 0 Å². The summed E-state index contributed by atoms with van der Waals surface area (Å²) in [6.07, 6.45) is 0.754. The lowest BCUT2D eigenvalue weighted by Crippen LogP contribution is -2.21. The zero-order chi connectivity index (χ0) is 10.9. The predicted octanol–water partition coefficient (Wildman–Crippen LogP) is 2.44. The Balaban J connectivity index is 2.29. The van der Waals surface area contributed by atoms with E-state index >= 15 is 0 Å². The van der Waals surface area contributed by atoms with Gasteiger partial charge in [-0.3, -0.25) is 0 Å². The van der Waals surface area contributed by atoms with Crippen molar-refractivity contribution in [2.24, 2.45) is 11.1 Å². The minimum atomic E-state index is -1.00. The number of hydrogen-bond acceptors (Lipinski definition) is 2. The summed E-state index contributed by atoms with van der Waals surface area (Å²) in [4.78, 5) is 0. The van der Waals surface area contributed by atoms with Gasteiger partial charge in [0.05, 0.1) is 7.11 Å². The van der Waals surface area contributed by atoms with Gasteiger partial charge >= 0.3 is 0 Å². The fraction of sp³-hybridized carbons (Fsp3) is 0.500. The molecule has 0 bridgehead atoms. The van der Waals surface area contributed by atoms with Crippen molar-refractivity contribution in [2.75, 3.05) is 13.7 Å². The number of para-hydroxylation sites is 1. The Hall–Kier alpha value is -1.09. The lowest BCUT2D eigenvalue weighted by Gasteiger charge is -2.20. The summed E-state index contributed by atoms with van der Waals surface area (Å²) in [7, 11) is 1.56. The summed E-state index contributed by atoms with van der Waals surface area (Å²) >= 11 is 0. The highest BCUT2D eigenvalue weighted by Gasteiger charge is 2.50. The topological polar surface area (TPSA) is 35.2 Å². The van der Waals surface area contributed by atoms with E-state index in [0.717, 1.165) is 12.8 Å². The van der Waals surface area contributed by atoms with Crippen LogP contribution in [0.3, 0.4) is 0 Å². The van der Waals surface area contributed by atoms with Gasteiger partial charge in [-0.2, -0.15) is 0 Å². The molecule has 1 aliphatic carbocycles. The second kappa shape index (κ2) is 3.81. The van der Waals surface area contributed by atoms with Crippen molar-refractivity contribution in [1.82, 2.24) is 0 Å². The molecule has 0 amide bonds. The lowest BCUT2D eigenvalue weighted by molar-refractivity contribution is 0.211. The summed E-state index contributed by atoms with van der Waals surface area (Å²) in [5.74, 6) is 0.615. The Morgan fingerprint density at radius 1 is 1.47 bits per heavy atom. The van der Waals surface area contributed by atoms with E-state index in [1.807, 2.05) is 12.1 Å². The number of nitrogens with two attached hydrogens (primary N) is 1. The molecule has 1 aromatic rings. The molecule has 1 saturated carbocycles. The molecule has 2 rings (SSSR count). The number of alkyl halides is 1. The molecule has 0 heterocycles. The molecule has 3 heteroatoms. The van der Waals surface area contributed by atoms with Gasteiger partial charge < -0.3 is 10.5 Å². The summed E-state index contributed by atoms with van der Waals surface area (Å²) < 4.78 is 19.4. The SMILES string of the molecule is COc1ccccc1C(F)C1(CN)CC1. The van der Waals surface area contributed by atoms with Crippen LogP contribution in [0.2, 0.25) is 0 Å². The molecule has 0 saturated heterocycles. The molecule has 1 fully saturated rings. The third-order valence-electron chi connectivity index (χ3n) is 3.25. The van der Waals surface area contributed by atoms with Crippen molar-refractivity contribution >= 4 is 0 Å². The minimum Gasteiger partial charge on any atom is -0.496 e. The van der Waals surface area contributed by atoms with E-state index in [-0.39, 0.29) is 5.41 Å². The van der Waals surface area contributed by atoms with Crippen LogP contribution >= 0.6 is 0 Å². The number of benzene rings is 1. The van der Waals surface area contributed by atoms with E-state index in [2.05, 4.69) is 0 Å². The van der Waals surface area contributed by atoms with Gasteiger partial charge in [0.1, 0.15) is 11.9 Å². The van der Waals surface area contributed by atoms with Gasteiger partial charge in [0.2, 0.25) is 0 Å². The van der Waals surface area contributed by atoms with Gasteiger partial charge in [-0.05, 0) is 18.9 Å². The largest absolute Gasteiger partial charge is 0.496 e. The highest BCUT2D eigenvalue weighted by atomic mass is 19.1. The maximum absolute atomic E-state index is 14.3. The van der Waals surface area contributed by atoms with Crippen LogP contribution in [0.1, 0.15) is 24.6 Å². The third-order valence-corrected chi connectivity index (χ3v) is 3.25. The first-order chi connectivity index (χ1) is 7.23. The van der Waals surface area contributed by atoms with Crippen LogP contribution in [0.4, 0.5) is 4.39 Å². The molecule has 2 N–H and O–H groups in total. The van der Waals surface area contributed by atoms with Crippen LogP contribution in [0.15, 0.2) is 24.3 Å². The molecule has 0 radical (unpaired) electrons. The zero-order valence-corrected chi connectivity index (χ0v) is 8.87. The molecule has 15 heavy (non-hydrogen) atoms. The van der Waals surface area contributed by atoms with Crippen molar-refractivity contribution in [2.45, 2.75) is 19.0 Å². The van der Waals surface area contributed by atoms with Crippen LogP contribution in [0, 0.1) is 5.41 Å². The second-order valence-electron chi connectivity index (χ2n) is 4.17. The monoisotopic (exact) mass is 209 g/mol. The number of hydrogen-bond donors (Lipinski definition) is 1. The Bertz CT molecular complexity index is 349. The van der Waals surface area contributed by atoms with Crippen LogP contribution < -0.4 is 10.5 Å². The number of rotatable bonds is 4. The number of methoxy groups -OCH3 is 1. The predicted molar refractivity (Wildman–Crippen MR) is 57.6 cm³/mol. The summed E-state index contributed by atoms with van der Waals surface area (Å²) in [5, 5.41) is 0. The highest BCUT2D eigenvalue weighted by Crippen LogP contribution is 2.57. The van der Waals surface area contributed by atoms with E-state index in [9.17, 15) is 4.39 Å². The molecule has 2 nitrogen and oxygen atoms in total. The van der Waals surface area contributed by atoms with Crippen LogP contribution in [0.5, 0.6) is 5.75 Å². The Kier molecular flexibility index (Phi) is 2.65. The van der Waals surface area contributed by atoms with Gasteiger partial charge in [-0.15, -0.1) is 0 Å². The van der Waals surface area contributed by atoms with Crippen LogP contribution in [-0.4, -0.2) is 13.7 Å². The van der Waals surface area contributed by atoms with E-state index in [1.54, 1.807) is 19.2 Å². The van der Waals surface area contributed by atoms with Gasteiger partial charge in [0.15, 0.2) is 0 Å². The molecule has 1 atom stereocenters. The Morgan fingerprint density at radius 3 is 2.67 bits per heavy atom. The summed E-state index contributed by atoms with van der Waals surface area (Å²) in [6.45, 7) is 0.409. The van der Waals surface area contributed by atoms with Gasteiger partial charge in [-0.25, -0.2) is 4.39 Å². The number of halogens is 1. The maximum Gasteiger partial charge on any atom is 0.135 e. The Morgan fingerprint density at radius 2 is 2.13 bits per heavy atom. The van der Waals surface area contributed by atoms with E-state index in [1.165, 1.54) is 0 Å². The molecular weight excluding hydrogens is 193 g/mol. The average Bonchev–Trinajstić information content (AvgIpc) is 3.09. The molecule has 82 valence electrons. The van der Waals surface area contributed by atoms with Crippen molar-refractivity contribution in [1.29, 1.82) is 0 Å². The lowest BCUT2D eigenvalue weighted by atomic mass is 9.93. The fourth-order valence-electron chi connectivity index (χ4n) is 1.93. The molecule has 0 aromatic heterocycles. The quantitative estimate of drug-likeness (QED) is 0.826. The normalized spacial score (nSPS) is 19.7. The average molecular weight is 209 g/mol. The van der Waals surface area contributed by atoms with Crippen LogP contribution in [-0.2, 0) is 0 Å². The van der Waals surface area contributed by atoms with Crippen LogP contribution in [0.25, 0.3) is 0 Å². The van der Waals surface area contributed by atoms with E-state index in [0.29, 0.717) is 17.9 Å². The molecule has 1 aromatic carbocycles. The molecule has 0 spiro atoms. The summed E-state index contributed by atoms with van der Waals surface area (Å²) in [5.41, 5.74) is 5.92. The summed E-state index contributed by atoms with van der Waals surface area (Å²) in [6, 6.07) is 7.24. The minimum absolute atomic E-state index is 0.325. The third kappa shape index (κ3) is 1.72. The number of ether oxygens (including phenoxy) is 1. The van der Waals surface area contributed by atoms with Crippen molar-refractivity contribution < 1.29 is 9.13 Å². The van der Waals surface area contributed by atoms with Gasteiger partial charge in [0.25, 0.3) is 0 Å². The standard InChI is InChI=1S/C12H16FNO/c1-15-10-5-3-2-4-9(10)11(13)12(8-14)6-7-12/h2-5,11H,6-8,14H2,1H3. The molecule has 0 aliphatic heterocycles. The van der Waals surface area contributed by atoms with Crippen molar-refractivity contribution in [3.8, 4) is 5.75 Å². The van der Waals surface area contributed by atoms with Gasteiger partial charge in [-0.1, -0.05) is 18.2 Å². The van der Waals surface area contributed by atoms with E-state index in [4.69, 9.17) is 10.5 Å². The first-order valence-electron chi connectivity index (χ1n) is 5.20. The first-order valence-corrected chi connectivity index (χ1v) is 5.20. The van der Waals surface area contributed by atoms with Gasteiger partial charge in [0, 0.05) is 17.5 Å². The zero-order valence-electron chi connectivity index (χ0n) is 8.87. The molecular formula is C12H16FNO. The molecule has 1 aliphatic rings. The highest BCUT2D eigenvalue weighted by molar-refractivity contribution is 5.37. The molecule has 1 unspecified atom stereocenters. The van der Waals surface area contributed by atoms with E-state index < -0.39 is 6.17 Å². The smallest absolute Gasteiger partial charge is 0.135 e. The Labute approximate surface area is 89.2 Å². The second-order valence-corrected chi connectivity index (χ2v) is 4.17. The maximum atomic E-state index is 14.3. The first kappa shape index (κ1) is 10.4. The van der Waals surface area contributed by atoms with Crippen molar-refractivity contribution in [3.05, 3.63) is 29.8 Å².